The van der Waals surface area contributed by atoms with Crippen LogP contribution in [0.1, 0.15) is 12.5 Å². The molecule has 1 aliphatic rings. The van der Waals surface area contributed by atoms with Crippen molar-refractivity contribution in [3.05, 3.63) is 23.8 Å². The normalized spacial score (nSPS) is 15.2. The van der Waals surface area contributed by atoms with Crippen LogP contribution in [0.3, 0.4) is 0 Å². The van der Waals surface area contributed by atoms with E-state index in [4.69, 9.17) is 10.5 Å². The zero-order valence-electron chi connectivity index (χ0n) is 11.3. The van der Waals surface area contributed by atoms with Crippen molar-refractivity contribution in [3.63, 3.8) is 0 Å². The summed E-state index contributed by atoms with van der Waals surface area (Å²) < 4.78 is 5.42. The highest BCUT2D eigenvalue weighted by atomic mass is 16.5. The average Bonchev–Trinajstić information content (AvgIpc) is 2.60. The van der Waals surface area contributed by atoms with Crippen molar-refractivity contribution >= 4 is 23.5 Å². The number of nitrogen functional groups attached to an aromatic ring is 1. The van der Waals surface area contributed by atoms with Gasteiger partial charge in [-0.15, -0.1) is 0 Å². The average molecular weight is 277 g/mol. The Balaban J connectivity index is 2.30. The summed E-state index contributed by atoms with van der Waals surface area (Å²) in [7, 11) is 1.27. The van der Waals surface area contributed by atoms with Gasteiger partial charge in [0.05, 0.1) is 13.2 Å². The summed E-state index contributed by atoms with van der Waals surface area (Å²) >= 11 is 0. The van der Waals surface area contributed by atoms with Crippen LogP contribution < -0.4 is 10.5 Å². The molecule has 2 N–H and O–H groups in total. The monoisotopic (exact) mass is 277 g/mol. The standard InChI is InChI=1S/C13H15N3O4/c1-3-20-10-5-4-9(14)6-8(10)7-16-12(18)11(17)15(2)13(16)19/h4-6H,3,7,14H2,1-2H3. The van der Waals surface area contributed by atoms with Crippen molar-refractivity contribution in [1.29, 1.82) is 0 Å². The van der Waals surface area contributed by atoms with Crippen molar-refractivity contribution in [2.75, 3.05) is 19.4 Å². The summed E-state index contributed by atoms with van der Waals surface area (Å²) in [5, 5.41) is 0. The molecule has 2 rings (SSSR count). The van der Waals surface area contributed by atoms with E-state index in [1.54, 1.807) is 18.2 Å². The van der Waals surface area contributed by atoms with Crippen LogP contribution in [-0.2, 0) is 16.1 Å². The van der Waals surface area contributed by atoms with Crippen molar-refractivity contribution in [1.82, 2.24) is 9.80 Å². The summed E-state index contributed by atoms with van der Waals surface area (Å²) in [6.45, 7) is 2.22. The quantitative estimate of drug-likeness (QED) is 0.494. The minimum atomic E-state index is -0.845. The van der Waals surface area contributed by atoms with Gasteiger partial charge in [0.25, 0.3) is 0 Å². The number of benzene rings is 1. The smallest absolute Gasteiger partial charge is 0.334 e. The lowest BCUT2D eigenvalue weighted by molar-refractivity contribution is -0.143. The van der Waals surface area contributed by atoms with Crippen LogP contribution in [0.25, 0.3) is 0 Å². The molecule has 1 saturated heterocycles. The number of ether oxygens (including phenoxy) is 1. The Bertz CT molecular complexity index is 585. The number of hydrogen-bond donors (Lipinski definition) is 1. The van der Waals surface area contributed by atoms with Gasteiger partial charge in [-0.05, 0) is 25.1 Å². The first-order valence-corrected chi connectivity index (χ1v) is 6.10. The van der Waals surface area contributed by atoms with E-state index in [-0.39, 0.29) is 6.54 Å². The van der Waals surface area contributed by atoms with E-state index in [1.807, 2.05) is 6.92 Å². The first kappa shape index (κ1) is 13.9. The van der Waals surface area contributed by atoms with Gasteiger partial charge in [-0.3, -0.25) is 19.4 Å². The Kier molecular flexibility index (Phi) is 3.60. The van der Waals surface area contributed by atoms with Crippen molar-refractivity contribution in [2.24, 2.45) is 0 Å². The SMILES string of the molecule is CCOc1ccc(N)cc1CN1C(=O)C(=O)N(C)C1=O. The summed E-state index contributed by atoms with van der Waals surface area (Å²) in [5.41, 5.74) is 6.77. The molecule has 1 heterocycles. The molecule has 1 aromatic rings. The van der Waals surface area contributed by atoms with Gasteiger partial charge in [-0.25, -0.2) is 4.79 Å². The van der Waals surface area contributed by atoms with Gasteiger partial charge in [0.15, 0.2) is 0 Å². The molecule has 106 valence electrons. The number of rotatable bonds is 4. The number of amides is 4. The van der Waals surface area contributed by atoms with Crippen molar-refractivity contribution in [3.8, 4) is 5.75 Å². The Hall–Kier alpha value is -2.57. The summed E-state index contributed by atoms with van der Waals surface area (Å²) in [6.07, 6.45) is 0. The van der Waals surface area contributed by atoms with Crippen molar-refractivity contribution < 1.29 is 19.1 Å². The van der Waals surface area contributed by atoms with Gasteiger partial charge in [0.1, 0.15) is 5.75 Å². The molecule has 0 bridgehead atoms. The Morgan fingerprint density at radius 3 is 2.45 bits per heavy atom. The predicted octanol–water partition coefficient (Wildman–Crippen LogP) is 0.588. The molecule has 0 aliphatic carbocycles. The number of nitrogens with two attached hydrogens (primary N) is 1. The fraction of sp³-hybridized carbons (Fsp3) is 0.308. The number of imide groups is 2. The van der Waals surface area contributed by atoms with Gasteiger partial charge >= 0.3 is 17.8 Å². The lowest BCUT2D eigenvalue weighted by Gasteiger charge is -2.16. The first-order valence-electron chi connectivity index (χ1n) is 6.10. The zero-order valence-corrected chi connectivity index (χ0v) is 11.3. The van der Waals surface area contributed by atoms with Crippen LogP contribution in [0.5, 0.6) is 5.75 Å². The van der Waals surface area contributed by atoms with E-state index >= 15 is 0 Å². The maximum absolute atomic E-state index is 11.8. The number of anilines is 1. The largest absolute Gasteiger partial charge is 0.494 e. The number of likely N-dealkylation sites (N-methyl/N-ethyl adjacent to an activating group) is 1. The van der Waals surface area contributed by atoms with Gasteiger partial charge in [0, 0.05) is 18.3 Å². The number of carbonyl (C=O) groups excluding carboxylic acids is 3. The Morgan fingerprint density at radius 1 is 1.20 bits per heavy atom. The van der Waals surface area contributed by atoms with Gasteiger partial charge in [0.2, 0.25) is 0 Å². The number of urea groups is 1. The zero-order chi connectivity index (χ0) is 14.9. The molecule has 20 heavy (non-hydrogen) atoms. The maximum atomic E-state index is 11.8. The molecule has 1 aliphatic heterocycles. The maximum Gasteiger partial charge on any atom is 0.334 e. The molecule has 0 saturated carbocycles. The molecule has 0 spiro atoms. The summed E-state index contributed by atoms with van der Waals surface area (Å²) in [6, 6.07) is 4.31. The number of carbonyl (C=O) groups is 3. The minimum absolute atomic E-state index is 0.0475. The van der Waals surface area contributed by atoms with Gasteiger partial charge in [-0.2, -0.15) is 0 Å². The second kappa shape index (κ2) is 5.20. The van der Waals surface area contributed by atoms with E-state index in [1.165, 1.54) is 7.05 Å². The minimum Gasteiger partial charge on any atom is -0.494 e. The van der Waals surface area contributed by atoms with Crippen LogP contribution in [0.4, 0.5) is 10.5 Å². The molecule has 7 heteroatoms. The van der Waals surface area contributed by atoms with Crippen LogP contribution >= 0.6 is 0 Å². The van der Waals surface area contributed by atoms with E-state index in [2.05, 4.69) is 0 Å². The highest BCUT2D eigenvalue weighted by Crippen LogP contribution is 2.25. The Labute approximate surface area is 115 Å². The predicted molar refractivity (Wildman–Crippen MR) is 70.7 cm³/mol. The van der Waals surface area contributed by atoms with Crippen LogP contribution in [0.2, 0.25) is 0 Å². The van der Waals surface area contributed by atoms with E-state index in [0.717, 1.165) is 9.80 Å². The van der Waals surface area contributed by atoms with Crippen LogP contribution in [0, 0.1) is 0 Å². The second-order valence-corrected chi connectivity index (χ2v) is 4.34. The van der Waals surface area contributed by atoms with Crippen LogP contribution in [0.15, 0.2) is 18.2 Å². The first-order chi connectivity index (χ1) is 9.45. The molecular weight excluding hydrogens is 262 g/mol. The lowest BCUT2D eigenvalue weighted by atomic mass is 10.1. The molecule has 1 aromatic carbocycles. The van der Waals surface area contributed by atoms with Crippen LogP contribution in [-0.4, -0.2) is 41.3 Å². The van der Waals surface area contributed by atoms with E-state index in [9.17, 15) is 14.4 Å². The molecular formula is C13H15N3O4. The molecule has 7 nitrogen and oxygen atoms in total. The van der Waals surface area contributed by atoms with E-state index < -0.39 is 17.8 Å². The third-order valence-electron chi connectivity index (χ3n) is 2.96. The second-order valence-electron chi connectivity index (χ2n) is 4.34. The van der Waals surface area contributed by atoms with Gasteiger partial charge in [-0.1, -0.05) is 0 Å². The van der Waals surface area contributed by atoms with E-state index in [0.29, 0.717) is 23.6 Å². The third kappa shape index (κ3) is 2.29. The molecule has 0 radical (unpaired) electrons. The topological polar surface area (TPSA) is 92.9 Å². The molecule has 0 unspecified atom stereocenters. The highest BCUT2D eigenvalue weighted by molar-refractivity contribution is 6.44. The van der Waals surface area contributed by atoms with Gasteiger partial charge < -0.3 is 10.5 Å². The highest BCUT2D eigenvalue weighted by Gasteiger charge is 2.42. The van der Waals surface area contributed by atoms with Crippen molar-refractivity contribution in [2.45, 2.75) is 13.5 Å². The lowest BCUT2D eigenvalue weighted by Crippen LogP contribution is -2.31. The number of hydrogen-bond acceptors (Lipinski definition) is 5. The fourth-order valence-corrected chi connectivity index (χ4v) is 1.94. The number of nitrogens with zero attached hydrogens (tertiary/aromatic N) is 2. The fourth-order valence-electron chi connectivity index (χ4n) is 1.94. The molecule has 4 amide bonds. The summed E-state index contributed by atoms with van der Waals surface area (Å²) in [4.78, 5) is 36.7. The molecule has 1 fully saturated rings. The Morgan fingerprint density at radius 2 is 1.90 bits per heavy atom. The third-order valence-corrected chi connectivity index (χ3v) is 2.96. The molecule has 0 aromatic heterocycles. The summed E-state index contributed by atoms with van der Waals surface area (Å²) in [5.74, 6) is -1.15. The molecule has 0 atom stereocenters.